The van der Waals surface area contributed by atoms with Gasteiger partial charge in [-0.05, 0) is 51.9 Å². The molecule has 4 heteroatoms. The molecule has 1 atom stereocenters. The first-order chi connectivity index (χ1) is 9.49. The number of aliphatic hydroxyl groups is 1. The van der Waals surface area contributed by atoms with Crippen LogP contribution < -0.4 is 4.90 Å². The molecular formula is C16H25FN2O. The minimum atomic E-state index is -0.773. The fourth-order valence-corrected chi connectivity index (χ4v) is 3.09. The summed E-state index contributed by atoms with van der Waals surface area (Å²) in [5.41, 5.74) is 1.28. The average Bonchev–Trinajstić information content (AvgIpc) is 2.38. The predicted molar refractivity (Wildman–Crippen MR) is 80.5 cm³/mol. The molecule has 1 aromatic carbocycles. The lowest BCUT2D eigenvalue weighted by Crippen LogP contribution is -2.37. The Bertz CT molecular complexity index is 440. The van der Waals surface area contributed by atoms with Crippen LogP contribution in [0.4, 0.5) is 10.1 Å². The van der Waals surface area contributed by atoms with Crippen LogP contribution in [-0.4, -0.2) is 43.7 Å². The molecular weight excluding hydrogens is 255 g/mol. The third-order valence-corrected chi connectivity index (χ3v) is 4.03. The van der Waals surface area contributed by atoms with Crippen LogP contribution in [0.25, 0.3) is 0 Å². The summed E-state index contributed by atoms with van der Waals surface area (Å²) < 4.78 is 13.9. The highest BCUT2D eigenvalue weighted by molar-refractivity contribution is 5.55. The van der Waals surface area contributed by atoms with Gasteiger partial charge in [0.1, 0.15) is 5.82 Å². The molecule has 0 saturated carbocycles. The van der Waals surface area contributed by atoms with Crippen LogP contribution in [0, 0.1) is 11.7 Å². The van der Waals surface area contributed by atoms with Gasteiger partial charge >= 0.3 is 0 Å². The first-order valence-electron chi connectivity index (χ1n) is 7.35. The Kier molecular flexibility index (Phi) is 5.00. The van der Waals surface area contributed by atoms with Gasteiger partial charge < -0.3 is 14.9 Å². The summed E-state index contributed by atoms with van der Waals surface area (Å²) in [5.74, 6) is 0.401. The molecule has 1 aliphatic rings. The lowest BCUT2D eigenvalue weighted by atomic mass is 9.95. The molecule has 0 bridgehead atoms. The first kappa shape index (κ1) is 15.3. The van der Waals surface area contributed by atoms with Crippen LogP contribution in [0.3, 0.4) is 0 Å². The quantitative estimate of drug-likeness (QED) is 0.918. The number of halogens is 1. The first-order valence-corrected chi connectivity index (χ1v) is 7.35. The number of nitrogens with zero attached hydrogens (tertiary/aromatic N) is 2. The zero-order valence-corrected chi connectivity index (χ0v) is 12.6. The van der Waals surface area contributed by atoms with Crippen molar-refractivity contribution < 1.29 is 9.50 Å². The van der Waals surface area contributed by atoms with Crippen molar-refractivity contribution in [3.63, 3.8) is 0 Å². The van der Waals surface area contributed by atoms with E-state index in [4.69, 9.17) is 0 Å². The highest BCUT2D eigenvalue weighted by Gasteiger charge is 2.23. The van der Waals surface area contributed by atoms with Crippen molar-refractivity contribution >= 4 is 5.69 Å². The Labute approximate surface area is 121 Å². The maximum absolute atomic E-state index is 13.9. The number of benzene rings is 1. The number of hydrogen-bond acceptors (Lipinski definition) is 3. The van der Waals surface area contributed by atoms with Crippen LogP contribution in [0.1, 0.15) is 31.4 Å². The summed E-state index contributed by atoms with van der Waals surface area (Å²) in [6.45, 7) is 4.60. The molecule has 20 heavy (non-hydrogen) atoms. The molecule has 112 valence electrons. The van der Waals surface area contributed by atoms with Crippen molar-refractivity contribution in [1.29, 1.82) is 0 Å². The normalized spacial score (nSPS) is 18.6. The number of anilines is 1. The Balaban J connectivity index is 2.09. The van der Waals surface area contributed by atoms with E-state index in [0.29, 0.717) is 11.5 Å². The minimum absolute atomic E-state index is 0.312. The topological polar surface area (TPSA) is 26.7 Å². The molecule has 0 radical (unpaired) electrons. The second-order valence-corrected chi connectivity index (χ2v) is 6.04. The van der Waals surface area contributed by atoms with E-state index in [9.17, 15) is 9.50 Å². The van der Waals surface area contributed by atoms with Crippen molar-refractivity contribution in [3.8, 4) is 0 Å². The number of aliphatic hydroxyl groups excluding tert-OH is 1. The minimum Gasteiger partial charge on any atom is -0.389 e. The molecule has 1 N–H and O–H groups in total. The third kappa shape index (κ3) is 3.49. The van der Waals surface area contributed by atoms with Gasteiger partial charge in [-0.25, -0.2) is 4.39 Å². The van der Waals surface area contributed by atoms with Gasteiger partial charge in [-0.3, -0.25) is 0 Å². The Morgan fingerprint density at radius 2 is 2.00 bits per heavy atom. The SMILES string of the molecule is CC(O)c1c(F)cccc1N1CCC(CN(C)C)CC1. The summed E-state index contributed by atoms with van der Waals surface area (Å²) in [4.78, 5) is 4.43. The van der Waals surface area contributed by atoms with Gasteiger partial charge in [0, 0.05) is 30.9 Å². The van der Waals surface area contributed by atoms with Crippen molar-refractivity contribution in [2.45, 2.75) is 25.9 Å². The molecule has 1 heterocycles. The summed E-state index contributed by atoms with van der Waals surface area (Å²) in [7, 11) is 4.20. The van der Waals surface area contributed by atoms with E-state index in [1.807, 2.05) is 6.07 Å². The fourth-order valence-electron chi connectivity index (χ4n) is 3.09. The van der Waals surface area contributed by atoms with E-state index in [1.54, 1.807) is 13.0 Å². The molecule has 1 fully saturated rings. The van der Waals surface area contributed by atoms with Crippen molar-refractivity contribution in [2.75, 3.05) is 38.6 Å². The lowest BCUT2D eigenvalue weighted by Gasteiger charge is -2.36. The zero-order valence-electron chi connectivity index (χ0n) is 12.6. The molecule has 0 amide bonds. The van der Waals surface area contributed by atoms with E-state index >= 15 is 0 Å². The summed E-state index contributed by atoms with van der Waals surface area (Å²) >= 11 is 0. The van der Waals surface area contributed by atoms with Crippen LogP contribution in [0.5, 0.6) is 0 Å². The molecule has 1 aliphatic heterocycles. The van der Waals surface area contributed by atoms with Crippen LogP contribution in [0.2, 0.25) is 0 Å². The average molecular weight is 280 g/mol. The summed E-state index contributed by atoms with van der Waals surface area (Å²) in [6, 6.07) is 5.06. The van der Waals surface area contributed by atoms with Gasteiger partial charge in [0.15, 0.2) is 0 Å². The largest absolute Gasteiger partial charge is 0.389 e. The molecule has 0 spiro atoms. The van der Waals surface area contributed by atoms with E-state index in [1.165, 1.54) is 6.07 Å². The maximum Gasteiger partial charge on any atom is 0.131 e. The van der Waals surface area contributed by atoms with E-state index in [0.717, 1.165) is 38.2 Å². The van der Waals surface area contributed by atoms with Crippen molar-refractivity contribution in [1.82, 2.24) is 4.90 Å². The highest BCUT2D eigenvalue weighted by atomic mass is 19.1. The smallest absolute Gasteiger partial charge is 0.131 e. The Morgan fingerprint density at radius 3 is 2.55 bits per heavy atom. The lowest BCUT2D eigenvalue weighted by molar-refractivity contribution is 0.194. The second-order valence-electron chi connectivity index (χ2n) is 6.04. The van der Waals surface area contributed by atoms with Gasteiger partial charge in [-0.2, -0.15) is 0 Å². The van der Waals surface area contributed by atoms with Gasteiger partial charge in [0.2, 0.25) is 0 Å². The zero-order chi connectivity index (χ0) is 14.7. The molecule has 0 aromatic heterocycles. The van der Waals surface area contributed by atoms with Crippen molar-refractivity contribution in [3.05, 3.63) is 29.6 Å². The molecule has 3 nitrogen and oxygen atoms in total. The predicted octanol–water partition coefficient (Wildman–Crippen LogP) is 2.66. The van der Waals surface area contributed by atoms with Crippen LogP contribution in [-0.2, 0) is 0 Å². The van der Waals surface area contributed by atoms with E-state index < -0.39 is 6.10 Å². The van der Waals surface area contributed by atoms with E-state index in [-0.39, 0.29) is 5.82 Å². The number of hydrogen-bond donors (Lipinski definition) is 1. The van der Waals surface area contributed by atoms with Crippen LogP contribution >= 0.6 is 0 Å². The molecule has 1 unspecified atom stereocenters. The monoisotopic (exact) mass is 280 g/mol. The van der Waals surface area contributed by atoms with Gasteiger partial charge in [0.25, 0.3) is 0 Å². The maximum atomic E-state index is 13.9. The van der Waals surface area contributed by atoms with Gasteiger partial charge in [-0.1, -0.05) is 6.07 Å². The summed E-state index contributed by atoms with van der Waals surface area (Å²) in [6.07, 6.45) is 1.47. The Hall–Kier alpha value is -1.13. The Morgan fingerprint density at radius 1 is 1.35 bits per heavy atom. The fraction of sp³-hybridized carbons (Fsp3) is 0.625. The third-order valence-electron chi connectivity index (χ3n) is 4.03. The van der Waals surface area contributed by atoms with Crippen molar-refractivity contribution in [2.24, 2.45) is 5.92 Å². The molecule has 1 aromatic rings. The molecule has 1 saturated heterocycles. The standard InChI is InChI=1S/C16H25FN2O/c1-12(20)16-14(17)5-4-6-15(16)19-9-7-13(8-10-19)11-18(2)3/h4-6,12-13,20H,7-11H2,1-3H3. The van der Waals surface area contributed by atoms with E-state index in [2.05, 4.69) is 23.9 Å². The van der Waals surface area contributed by atoms with Gasteiger partial charge in [-0.15, -0.1) is 0 Å². The number of piperidine rings is 1. The molecule has 2 rings (SSSR count). The molecule has 0 aliphatic carbocycles. The number of rotatable bonds is 4. The summed E-state index contributed by atoms with van der Waals surface area (Å²) in [5, 5.41) is 9.81. The van der Waals surface area contributed by atoms with Crippen LogP contribution in [0.15, 0.2) is 18.2 Å². The van der Waals surface area contributed by atoms with Gasteiger partial charge in [0.05, 0.1) is 6.10 Å². The second kappa shape index (κ2) is 6.55. The highest BCUT2D eigenvalue weighted by Crippen LogP contribution is 2.31.